The number of primary amides is 1. The topological polar surface area (TPSA) is 91.7 Å². The van der Waals surface area contributed by atoms with Crippen LogP contribution in [0.1, 0.15) is 5.56 Å². The number of carbonyl (C=O) groups excluding carboxylic acids is 1. The van der Waals surface area contributed by atoms with E-state index in [0.29, 0.717) is 31.0 Å². The summed E-state index contributed by atoms with van der Waals surface area (Å²) >= 11 is 0. The predicted molar refractivity (Wildman–Crippen MR) is 123 cm³/mol. The van der Waals surface area contributed by atoms with Crippen LogP contribution in [0.15, 0.2) is 90.4 Å². The van der Waals surface area contributed by atoms with Crippen LogP contribution >= 0.6 is 0 Å². The molecule has 0 radical (unpaired) electrons. The third-order valence-corrected chi connectivity index (χ3v) is 5.23. The molecule has 0 bridgehead atoms. The van der Waals surface area contributed by atoms with E-state index in [4.69, 9.17) is 10.5 Å². The monoisotopic (exact) mass is 417 g/mol. The highest BCUT2D eigenvalue weighted by atomic mass is 16.5. The molecule has 1 amide bonds. The lowest BCUT2D eigenvalue weighted by molar-refractivity contribution is -0.114. The maximum atomic E-state index is 11.8. The SMILES string of the molecule is C=C1COCCN1c1ccc(NC2C=C(NCc3ccccc3)C(C(N)=O)=CN2)cc1. The Morgan fingerprint density at radius 2 is 1.97 bits per heavy atom. The quantitative estimate of drug-likeness (QED) is 0.553. The first-order chi connectivity index (χ1) is 15.1. The number of dihydropyridines is 1. The fourth-order valence-corrected chi connectivity index (χ4v) is 3.60. The van der Waals surface area contributed by atoms with Crippen LogP contribution in [0.5, 0.6) is 0 Å². The van der Waals surface area contributed by atoms with Crippen molar-refractivity contribution in [3.05, 3.63) is 96.0 Å². The number of carbonyl (C=O) groups is 1. The summed E-state index contributed by atoms with van der Waals surface area (Å²) in [7, 11) is 0. The molecule has 1 unspecified atom stereocenters. The van der Waals surface area contributed by atoms with E-state index in [-0.39, 0.29) is 6.17 Å². The molecule has 0 aromatic heterocycles. The molecule has 0 spiro atoms. The minimum Gasteiger partial charge on any atom is -0.380 e. The molecule has 1 saturated heterocycles. The van der Waals surface area contributed by atoms with Gasteiger partial charge in [0.2, 0.25) is 0 Å². The molecule has 2 aromatic rings. The Balaban J connectivity index is 1.43. The van der Waals surface area contributed by atoms with Gasteiger partial charge in [0.25, 0.3) is 5.91 Å². The Hall–Kier alpha value is -3.71. The second-order valence-electron chi connectivity index (χ2n) is 7.45. The van der Waals surface area contributed by atoms with Crippen molar-refractivity contribution in [3.8, 4) is 0 Å². The number of ether oxygens (including phenoxy) is 1. The Kier molecular flexibility index (Phi) is 6.24. The zero-order valence-corrected chi connectivity index (χ0v) is 17.3. The zero-order chi connectivity index (χ0) is 21.6. The van der Waals surface area contributed by atoms with E-state index in [1.165, 1.54) is 0 Å². The Bertz CT molecular complexity index is 998. The van der Waals surface area contributed by atoms with Gasteiger partial charge in [0, 0.05) is 42.1 Å². The molecule has 2 heterocycles. The molecule has 160 valence electrons. The number of rotatable bonds is 7. The highest BCUT2D eigenvalue weighted by molar-refractivity contribution is 5.96. The highest BCUT2D eigenvalue weighted by Gasteiger charge is 2.19. The van der Waals surface area contributed by atoms with Gasteiger partial charge in [-0.05, 0) is 35.9 Å². The summed E-state index contributed by atoms with van der Waals surface area (Å²) in [5.74, 6) is -0.479. The number of benzene rings is 2. The fraction of sp³-hybridized carbons (Fsp3) is 0.208. The van der Waals surface area contributed by atoms with Crippen LogP contribution in [0, 0.1) is 0 Å². The summed E-state index contributed by atoms with van der Waals surface area (Å²) in [6, 6.07) is 18.2. The first-order valence-electron chi connectivity index (χ1n) is 10.3. The number of morpholine rings is 1. The van der Waals surface area contributed by atoms with Crippen molar-refractivity contribution in [2.24, 2.45) is 5.73 Å². The lowest BCUT2D eigenvalue weighted by Gasteiger charge is -2.31. The largest absolute Gasteiger partial charge is 0.380 e. The first kappa shape index (κ1) is 20.6. The molecular weight excluding hydrogens is 390 g/mol. The maximum Gasteiger partial charge on any atom is 0.252 e. The molecule has 7 heteroatoms. The number of amides is 1. The molecule has 1 atom stereocenters. The Morgan fingerprint density at radius 3 is 2.68 bits per heavy atom. The van der Waals surface area contributed by atoms with E-state index in [0.717, 1.165) is 29.2 Å². The minimum atomic E-state index is -0.479. The molecule has 1 fully saturated rings. The van der Waals surface area contributed by atoms with Gasteiger partial charge in [-0.3, -0.25) is 4.79 Å². The van der Waals surface area contributed by atoms with Gasteiger partial charge in [-0.15, -0.1) is 0 Å². The second-order valence-corrected chi connectivity index (χ2v) is 7.45. The average molecular weight is 418 g/mol. The molecular formula is C24H27N5O2. The number of nitrogens with zero attached hydrogens (tertiary/aromatic N) is 1. The summed E-state index contributed by atoms with van der Waals surface area (Å²) in [5, 5.41) is 9.93. The molecule has 5 N–H and O–H groups in total. The standard InChI is InChI=1S/C24H27N5O2/c1-17-16-31-12-11-29(17)20-9-7-19(8-10-20)28-23-13-22(21(15-27-23)24(25)30)26-14-18-5-3-2-4-6-18/h2-10,13,15,23,26-28H,1,11-12,14,16H2,(H2,25,30). The van der Waals surface area contributed by atoms with Gasteiger partial charge in [-0.2, -0.15) is 0 Å². The summed E-state index contributed by atoms with van der Waals surface area (Å²) < 4.78 is 5.43. The average Bonchev–Trinajstić information content (AvgIpc) is 2.79. The van der Waals surface area contributed by atoms with E-state index in [9.17, 15) is 4.79 Å². The van der Waals surface area contributed by atoms with E-state index in [1.807, 2.05) is 48.5 Å². The molecule has 7 nitrogen and oxygen atoms in total. The van der Waals surface area contributed by atoms with Crippen LogP contribution < -0.4 is 26.6 Å². The molecule has 0 saturated carbocycles. The zero-order valence-electron chi connectivity index (χ0n) is 17.3. The van der Waals surface area contributed by atoms with Crippen molar-refractivity contribution in [1.29, 1.82) is 0 Å². The van der Waals surface area contributed by atoms with E-state index < -0.39 is 5.91 Å². The van der Waals surface area contributed by atoms with Crippen molar-refractivity contribution in [2.75, 3.05) is 30.0 Å². The summed E-state index contributed by atoms with van der Waals surface area (Å²) in [5.41, 5.74) is 10.8. The third-order valence-electron chi connectivity index (χ3n) is 5.23. The summed E-state index contributed by atoms with van der Waals surface area (Å²) in [4.78, 5) is 14.0. The number of nitrogens with one attached hydrogen (secondary N) is 3. The Morgan fingerprint density at radius 1 is 1.19 bits per heavy atom. The van der Waals surface area contributed by atoms with Gasteiger partial charge < -0.3 is 31.3 Å². The number of hydrogen-bond acceptors (Lipinski definition) is 6. The van der Waals surface area contributed by atoms with Crippen molar-refractivity contribution < 1.29 is 9.53 Å². The van der Waals surface area contributed by atoms with Crippen LogP contribution in [-0.4, -0.2) is 31.8 Å². The fourth-order valence-electron chi connectivity index (χ4n) is 3.60. The van der Waals surface area contributed by atoms with E-state index >= 15 is 0 Å². The molecule has 2 aliphatic heterocycles. The van der Waals surface area contributed by atoms with Gasteiger partial charge in [-0.25, -0.2) is 0 Å². The van der Waals surface area contributed by atoms with Crippen LogP contribution in [0.4, 0.5) is 11.4 Å². The van der Waals surface area contributed by atoms with Crippen molar-refractivity contribution in [1.82, 2.24) is 10.6 Å². The van der Waals surface area contributed by atoms with Crippen molar-refractivity contribution >= 4 is 17.3 Å². The van der Waals surface area contributed by atoms with Gasteiger partial charge in [0.1, 0.15) is 6.17 Å². The Labute approximate surface area is 182 Å². The van der Waals surface area contributed by atoms with Gasteiger partial charge in [-0.1, -0.05) is 36.9 Å². The van der Waals surface area contributed by atoms with Crippen LogP contribution in [-0.2, 0) is 16.1 Å². The maximum absolute atomic E-state index is 11.8. The van der Waals surface area contributed by atoms with Crippen LogP contribution in [0.25, 0.3) is 0 Å². The summed E-state index contributed by atoms with van der Waals surface area (Å²) in [6.45, 7) is 6.73. The molecule has 4 rings (SSSR count). The van der Waals surface area contributed by atoms with Gasteiger partial charge >= 0.3 is 0 Å². The van der Waals surface area contributed by atoms with Crippen LogP contribution in [0.3, 0.4) is 0 Å². The normalized spacial score (nSPS) is 18.5. The smallest absolute Gasteiger partial charge is 0.252 e. The lowest BCUT2D eigenvalue weighted by Crippen LogP contribution is -2.38. The molecule has 31 heavy (non-hydrogen) atoms. The lowest BCUT2D eigenvalue weighted by atomic mass is 10.1. The second kappa shape index (κ2) is 9.40. The highest BCUT2D eigenvalue weighted by Crippen LogP contribution is 2.24. The third kappa shape index (κ3) is 5.07. The molecule has 2 aromatic carbocycles. The van der Waals surface area contributed by atoms with E-state index in [2.05, 4.69) is 39.6 Å². The van der Waals surface area contributed by atoms with Gasteiger partial charge in [0.15, 0.2) is 0 Å². The predicted octanol–water partition coefficient (Wildman–Crippen LogP) is 2.42. The van der Waals surface area contributed by atoms with Crippen molar-refractivity contribution in [2.45, 2.75) is 12.7 Å². The number of hydrogen-bond donors (Lipinski definition) is 4. The van der Waals surface area contributed by atoms with Crippen molar-refractivity contribution in [3.63, 3.8) is 0 Å². The van der Waals surface area contributed by atoms with Gasteiger partial charge in [0.05, 0.1) is 18.8 Å². The minimum absolute atomic E-state index is 0.189. The first-order valence-corrected chi connectivity index (χ1v) is 10.3. The molecule has 2 aliphatic rings. The van der Waals surface area contributed by atoms with Crippen LogP contribution in [0.2, 0.25) is 0 Å². The number of anilines is 2. The summed E-state index contributed by atoms with van der Waals surface area (Å²) in [6.07, 6.45) is 3.39. The molecule has 0 aliphatic carbocycles. The van der Waals surface area contributed by atoms with E-state index in [1.54, 1.807) is 6.20 Å². The number of nitrogens with two attached hydrogens (primary N) is 1.